The number of rotatable bonds is 19. The first-order valence-corrected chi connectivity index (χ1v) is 30.8. The first-order valence-electron chi connectivity index (χ1n) is 29.5. The fourth-order valence-electron chi connectivity index (χ4n) is 9.34. The Kier molecular flexibility index (Phi) is 23.3. The van der Waals surface area contributed by atoms with E-state index in [1.165, 1.54) is 69.3 Å². The molecule has 6 heterocycles. The van der Waals surface area contributed by atoms with E-state index in [0.29, 0.717) is 33.7 Å². The van der Waals surface area contributed by atoms with Gasteiger partial charge in [0.1, 0.15) is 23.2 Å². The zero-order valence-corrected chi connectivity index (χ0v) is 50.1. The number of sulfonamides is 2. The van der Waals surface area contributed by atoms with E-state index in [0.717, 1.165) is 9.69 Å². The third kappa shape index (κ3) is 17.9. The number of amides is 4. The molecule has 0 saturated carbocycles. The van der Waals surface area contributed by atoms with Gasteiger partial charge in [-0.3, -0.25) is 28.8 Å². The minimum atomic E-state index is -4.58. The van der Waals surface area contributed by atoms with E-state index < -0.39 is 103 Å². The highest BCUT2D eigenvalue weighted by atomic mass is 32.2. The van der Waals surface area contributed by atoms with Crippen LogP contribution in [0, 0.1) is 11.8 Å². The largest absolute Gasteiger partial charge is 0.451 e. The number of carbonyl (C=O) groups excluding carboxylic acids is 6. The lowest BCUT2D eigenvalue weighted by molar-refractivity contribution is -0.129. The molecule has 2 aliphatic rings. The molecule has 4 N–H and O–H groups in total. The van der Waals surface area contributed by atoms with Crippen LogP contribution in [-0.2, 0) is 39.2 Å². The number of nitrogens with zero attached hydrogens (tertiary/aromatic N) is 5. The summed E-state index contributed by atoms with van der Waals surface area (Å²) in [5.41, 5.74) is 1.05. The number of carbonyl (C=O) groups is 6. The van der Waals surface area contributed by atoms with Gasteiger partial charge in [-0.25, -0.2) is 26.8 Å². The normalized spacial score (nSPS) is 20.7. The Morgan fingerprint density at radius 2 is 1.06 bits per heavy atom. The smallest absolute Gasteiger partial charge is 0.287 e. The molecule has 8 rings (SSSR count). The number of Topliss-reactive ketones (excluding diaryl/α,β-unsaturated/α-hetero) is 2. The van der Waals surface area contributed by atoms with E-state index in [1.807, 2.05) is 39.8 Å². The van der Waals surface area contributed by atoms with Crippen LogP contribution < -0.4 is 21.3 Å². The predicted octanol–water partition coefficient (Wildman–Crippen LogP) is 7.78. The average Bonchev–Trinajstić information content (AvgIpc) is 1.79. The molecule has 23 heteroatoms. The second kappa shape index (κ2) is 31.1. The lowest BCUT2D eigenvalue weighted by atomic mass is 10.0. The molecule has 0 unspecified atom stereocenters. The third-order valence-electron chi connectivity index (χ3n) is 14.0. The second-order valence-corrected chi connectivity index (χ2v) is 24.8. The molecule has 0 spiro atoms. The van der Waals surface area contributed by atoms with E-state index in [-0.39, 0.29) is 68.0 Å². The van der Waals surface area contributed by atoms with Crippen LogP contribution in [0.25, 0.3) is 21.9 Å². The maximum atomic E-state index is 13.5. The van der Waals surface area contributed by atoms with Crippen molar-refractivity contribution in [1.29, 1.82) is 0 Å². The molecule has 0 aliphatic carbocycles. The number of aromatic nitrogens is 2. The number of fused-ring (bicyclic) bond motifs is 2. The minimum absolute atomic E-state index is 0. The van der Waals surface area contributed by atoms with E-state index in [4.69, 9.17) is 12.9 Å². The topological polar surface area (TPSA) is 281 Å². The Morgan fingerprint density at radius 3 is 1.49 bits per heavy atom. The van der Waals surface area contributed by atoms with Crippen molar-refractivity contribution in [2.75, 3.05) is 32.7 Å². The SMILES string of the molecule is C.CC(C)C[C@H](NC(=O)c1cc2ccccc2o1)C(=O)N[C@H]1CC[C@@H](C)N(S(=O)(=O)c2ccccn2)CC1=O.CCN(CC)CC.[2H]C1([2H])C(=O)[C@@]([2H])(NC(=O)[C@H](CC(C)C)NC(=O)c2cc3ccccc3o2)CC[C@@H](C)N1S(=O)(=O)c1ccccn1. The lowest BCUT2D eigenvalue weighted by Gasteiger charge is -2.25. The highest BCUT2D eigenvalue weighted by Crippen LogP contribution is 2.26. The van der Waals surface area contributed by atoms with Gasteiger partial charge in [0.05, 0.1) is 29.2 Å². The van der Waals surface area contributed by atoms with Crippen molar-refractivity contribution in [1.82, 2.24) is 44.7 Å². The Balaban J connectivity index is 0.000000283. The monoisotopic (exact) mass is 1200 g/mol. The van der Waals surface area contributed by atoms with Crippen LogP contribution in [0.4, 0.5) is 0 Å². The summed E-state index contributed by atoms with van der Waals surface area (Å²) in [6.45, 7) is 17.2. The van der Waals surface area contributed by atoms with E-state index in [9.17, 15) is 45.6 Å². The molecule has 2 saturated heterocycles. The van der Waals surface area contributed by atoms with E-state index in [2.05, 4.69) is 56.9 Å². The molecule has 6 atom stereocenters. The number of ketones is 2. The lowest BCUT2D eigenvalue weighted by Crippen LogP contribution is -2.52. The van der Waals surface area contributed by atoms with Crippen molar-refractivity contribution >= 4 is 77.2 Å². The van der Waals surface area contributed by atoms with Crippen molar-refractivity contribution < 1.29 is 58.5 Å². The van der Waals surface area contributed by atoms with Gasteiger partial charge < -0.3 is 35.0 Å². The molecule has 2 aliphatic heterocycles. The molecular weight excluding hydrogens is 1110 g/mol. The van der Waals surface area contributed by atoms with Gasteiger partial charge in [-0.05, 0) is 132 Å². The number of benzene rings is 2. The van der Waals surface area contributed by atoms with Gasteiger partial charge in [-0.15, -0.1) is 0 Å². The molecule has 4 amide bonds. The number of nitrogens with one attached hydrogen (secondary N) is 4. The Hall–Kier alpha value is -7.18. The summed E-state index contributed by atoms with van der Waals surface area (Å²) in [7, 11) is -8.57. The van der Waals surface area contributed by atoms with Crippen molar-refractivity contribution in [3.05, 3.63) is 121 Å². The van der Waals surface area contributed by atoms with Crippen LogP contribution in [0.5, 0.6) is 0 Å². The second-order valence-electron chi connectivity index (χ2n) is 21.2. The van der Waals surface area contributed by atoms with Gasteiger partial charge in [0, 0.05) is 35.2 Å². The zero-order valence-electron chi connectivity index (χ0n) is 51.5. The maximum Gasteiger partial charge on any atom is 0.287 e. The summed E-state index contributed by atoms with van der Waals surface area (Å²) in [5.74, 6) is -4.42. The number of hydrogen-bond acceptors (Lipinski definition) is 15. The van der Waals surface area contributed by atoms with E-state index >= 15 is 0 Å². The fraction of sp³-hybridized carbons (Fsp3) is 0.475. The zero-order chi connectivity index (χ0) is 63.3. The number of hydrogen-bond donors (Lipinski definition) is 4. The van der Waals surface area contributed by atoms with Gasteiger partial charge in [0.2, 0.25) is 11.8 Å². The molecule has 0 bridgehead atoms. The van der Waals surface area contributed by atoms with Crippen LogP contribution in [0.1, 0.15) is 133 Å². The summed E-state index contributed by atoms with van der Waals surface area (Å²) in [6.07, 6.45) is 3.26. The summed E-state index contributed by atoms with van der Waals surface area (Å²) >= 11 is 0. The van der Waals surface area contributed by atoms with Crippen LogP contribution in [0.2, 0.25) is 0 Å². The third-order valence-corrected chi connectivity index (χ3v) is 17.6. The van der Waals surface area contributed by atoms with Crippen LogP contribution in [0.3, 0.4) is 0 Å². The fourth-order valence-corrected chi connectivity index (χ4v) is 12.3. The van der Waals surface area contributed by atoms with Crippen molar-refractivity contribution in [2.45, 2.75) is 155 Å². The van der Waals surface area contributed by atoms with Crippen LogP contribution in [-0.4, -0.2) is 144 Å². The summed E-state index contributed by atoms with van der Waals surface area (Å²) in [6, 6.07) is 19.0. The maximum absolute atomic E-state index is 13.5. The average molecular weight is 1200 g/mol. The van der Waals surface area contributed by atoms with Crippen molar-refractivity contribution in [3.63, 3.8) is 0 Å². The molecule has 6 aromatic rings. The van der Waals surface area contributed by atoms with Gasteiger partial charge in [-0.1, -0.05) is 104 Å². The molecular formula is C61H83N9O12S2. The quantitative estimate of drug-likeness (QED) is 0.0602. The minimum Gasteiger partial charge on any atom is -0.451 e. The molecule has 4 aromatic heterocycles. The number of pyridine rings is 2. The standard InChI is InChI=1S/2C27H32N4O6S.C6H15N.CH4/c2*1-17(2)14-21(30-27(34)24-15-19-8-4-5-9-23(19)37-24)26(33)29-20-12-11-18(3)31(16-22(20)32)38(35,36)25-10-6-7-13-28-25;1-4-7(5-2)6-3;/h2*4-10,13,15,17-18,20-21H,11-12,14,16H2,1-3H3,(H,29,33)(H,30,34);4-6H2,1-3H3;1H4/t2*18-,20+,21+;;/m11../s1/i16D2,20D;;;. The molecule has 2 fully saturated rings. The van der Waals surface area contributed by atoms with Crippen molar-refractivity contribution in [2.24, 2.45) is 11.8 Å². The predicted molar refractivity (Wildman–Crippen MR) is 322 cm³/mol. The highest BCUT2D eigenvalue weighted by Gasteiger charge is 2.40. The van der Waals surface area contributed by atoms with Crippen molar-refractivity contribution in [3.8, 4) is 0 Å². The first kappa shape index (κ1) is 62.9. The summed E-state index contributed by atoms with van der Waals surface area (Å²) in [5, 5.41) is 11.3. The number of furan rings is 2. The molecule has 84 heavy (non-hydrogen) atoms. The van der Waals surface area contributed by atoms with Crippen LogP contribution >= 0.6 is 0 Å². The molecule has 0 radical (unpaired) electrons. The van der Waals surface area contributed by atoms with Gasteiger partial charge in [-0.2, -0.15) is 8.61 Å². The van der Waals surface area contributed by atoms with Gasteiger partial charge in [0.15, 0.2) is 33.1 Å². The molecule has 2 aromatic carbocycles. The Bertz CT molecular complexity index is 3480. The van der Waals surface area contributed by atoms with Crippen LogP contribution in [0.15, 0.2) is 128 Å². The number of para-hydroxylation sites is 2. The molecule has 21 nitrogen and oxygen atoms in total. The summed E-state index contributed by atoms with van der Waals surface area (Å²) < 4.78 is 91.7. The van der Waals surface area contributed by atoms with E-state index in [1.54, 1.807) is 61.5 Å². The highest BCUT2D eigenvalue weighted by molar-refractivity contribution is 7.89. The molecule has 456 valence electrons. The van der Waals surface area contributed by atoms with Gasteiger partial charge >= 0.3 is 0 Å². The van der Waals surface area contributed by atoms with Gasteiger partial charge in [0.25, 0.3) is 31.9 Å². The Labute approximate surface area is 498 Å². The first-order chi connectivity index (χ1) is 40.6. The Morgan fingerprint density at radius 1 is 0.631 bits per heavy atom. The summed E-state index contributed by atoms with van der Waals surface area (Å²) in [4.78, 5) is 89.4.